The molecule has 0 spiro atoms. The summed E-state index contributed by atoms with van der Waals surface area (Å²) in [6.45, 7) is 27.4. The molecule has 0 saturated carbocycles. The van der Waals surface area contributed by atoms with Gasteiger partial charge in [-0.1, -0.05) is 156 Å². The van der Waals surface area contributed by atoms with E-state index in [9.17, 15) is 0 Å². The molecule has 4 aliphatic rings. The second kappa shape index (κ2) is 26.3. The van der Waals surface area contributed by atoms with Crippen LogP contribution in [0.3, 0.4) is 0 Å². The number of hydrogen-bond donors (Lipinski definition) is 0. The largest absolute Gasteiger partial charge is 1.00 e. The SMILES string of the molecule is C[Si](C)=[Zr+2].C[Si](C)=[Zr+2].Cc1cc2c([cH-]1)CCCC2C.Cc1cc2c([cH-]1)CCCC2C.Cc1cc2c([cH-]1)CCCC2C.Cc1cc2c([cH-]1)CCCC2C.[Cl-].[Cl-]. The molecule has 4 aliphatic carbocycles. The maximum absolute atomic E-state index is 2.36. The number of aryl methyl sites for hydroxylation is 8. The smallest absolute Gasteiger partial charge is 0.0512 e. The topological polar surface area (TPSA) is 0 Å². The van der Waals surface area contributed by atoms with Crippen molar-refractivity contribution >= 4 is 10.9 Å². The van der Waals surface area contributed by atoms with Crippen LogP contribution in [0.15, 0.2) is 48.5 Å². The van der Waals surface area contributed by atoms with Gasteiger partial charge in [0, 0.05) is 0 Å². The van der Waals surface area contributed by atoms with Gasteiger partial charge in [0.15, 0.2) is 0 Å². The van der Waals surface area contributed by atoms with Gasteiger partial charge in [0.1, 0.15) is 0 Å². The minimum atomic E-state index is 0. The summed E-state index contributed by atoms with van der Waals surface area (Å²) in [5, 5.41) is 0. The first-order chi connectivity index (χ1) is 24.5. The molecule has 54 heavy (non-hydrogen) atoms. The van der Waals surface area contributed by atoms with Crippen molar-refractivity contribution in [1.29, 1.82) is 0 Å². The molecule has 296 valence electrons. The van der Waals surface area contributed by atoms with Gasteiger partial charge < -0.3 is 24.8 Å². The van der Waals surface area contributed by atoms with Crippen molar-refractivity contribution in [3.05, 3.63) is 115 Å². The number of halogens is 2. The van der Waals surface area contributed by atoms with E-state index in [4.69, 9.17) is 0 Å². The van der Waals surface area contributed by atoms with Crippen molar-refractivity contribution < 1.29 is 71.5 Å². The second-order valence-corrected chi connectivity index (χ2v) is 36.0. The van der Waals surface area contributed by atoms with Gasteiger partial charge in [-0.15, -0.1) is 0 Å². The molecule has 8 rings (SSSR count). The van der Waals surface area contributed by atoms with Crippen molar-refractivity contribution in [2.45, 2.75) is 182 Å². The molecule has 4 aromatic carbocycles. The van der Waals surface area contributed by atoms with Crippen LogP contribution in [-0.2, 0) is 72.4 Å². The van der Waals surface area contributed by atoms with Crippen LogP contribution in [0.25, 0.3) is 0 Å². The van der Waals surface area contributed by atoms with Crippen LogP contribution in [0.1, 0.15) is 169 Å². The van der Waals surface area contributed by atoms with Crippen molar-refractivity contribution in [2.75, 3.05) is 0 Å². The quantitative estimate of drug-likeness (QED) is 0.123. The van der Waals surface area contributed by atoms with Crippen molar-refractivity contribution in [3.8, 4) is 0 Å². The summed E-state index contributed by atoms with van der Waals surface area (Å²) in [6.07, 6.45) is 16.3. The van der Waals surface area contributed by atoms with Gasteiger partial charge in [-0.05, 0) is 0 Å². The van der Waals surface area contributed by atoms with E-state index in [0.29, 0.717) is 0 Å². The number of fused-ring (bicyclic) bond motifs is 4. The summed E-state index contributed by atoms with van der Waals surface area (Å²) >= 11 is 3.48. The molecule has 0 N–H and O–H groups in total. The number of hydrogen-bond acceptors (Lipinski definition) is 0. The van der Waals surface area contributed by atoms with E-state index in [1.807, 2.05) is 0 Å². The zero-order valence-corrected chi connectivity index (χ0v) is 44.6. The standard InChI is InChI=1S/4C11H15.2C2H6Si.2ClH.2Zr/c4*1-8-6-10-5-3-4-9(2)11(10)7-8;2*1-3-2;;;;/h4*6-7,9H,3-5H2,1-2H3;2*1-2H3;2*1H;;/q4*-1;;;;;2*+2/p-2. The fourth-order valence-electron chi connectivity index (χ4n) is 8.67. The van der Waals surface area contributed by atoms with Gasteiger partial charge in [-0.2, -0.15) is 91.0 Å². The van der Waals surface area contributed by atoms with Crippen LogP contribution in [0.5, 0.6) is 0 Å². The molecule has 6 heteroatoms. The van der Waals surface area contributed by atoms with Crippen molar-refractivity contribution in [1.82, 2.24) is 0 Å². The molecule has 4 aromatic rings. The Labute approximate surface area is 376 Å². The third kappa shape index (κ3) is 17.6. The Morgan fingerprint density at radius 2 is 0.593 bits per heavy atom. The minimum Gasteiger partial charge on any atom is -1.00 e. The molecule has 0 fully saturated rings. The molecule has 4 atom stereocenters. The van der Waals surface area contributed by atoms with Gasteiger partial charge >= 0.3 is 83.7 Å². The van der Waals surface area contributed by atoms with Gasteiger partial charge in [0.05, 0.1) is 0 Å². The van der Waals surface area contributed by atoms with E-state index >= 15 is 0 Å². The molecular formula is C48H72Cl2Si2Zr2-2. The maximum Gasteiger partial charge on any atom is -0.0512 e. The average molecular weight is 959 g/mol. The zero-order valence-electron chi connectivity index (χ0n) is 36.2. The third-order valence-corrected chi connectivity index (χ3v) is 11.1. The Kier molecular flexibility index (Phi) is 25.4. The summed E-state index contributed by atoms with van der Waals surface area (Å²) in [4.78, 5) is 0. The zero-order chi connectivity index (χ0) is 38.5. The molecule has 0 saturated heterocycles. The molecule has 0 aliphatic heterocycles. The predicted octanol–water partition coefficient (Wildman–Crippen LogP) is 8.19. The molecular weight excluding hydrogens is 886 g/mol. The fourth-order valence-corrected chi connectivity index (χ4v) is 8.67. The molecule has 0 amide bonds. The first kappa shape index (κ1) is 52.2. The molecule has 0 heterocycles. The molecule has 0 nitrogen and oxygen atoms in total. The molecule has 4 unspecified atom stereocenters. The Bertz CT molecular complexity index is 1450. The maximum atomic E-state index is 2.36. The summed E-state index contributed by atoms with van der Waals surface area (Å²) in [6, 6.07) is 18.8. The van der Waals surface area contributed by atoms with E-state index < -0.39 is 0 Å². The average Bonchev–Trinajstić information content (AvgIpc) is 3.83. The van der Waals surface area contributed by atoms with Crippen LogP contribution in [-0.4, -0.2) is 10.9 Å². The number of rotatable bonds is 0. The Morgan fingerprint density at radius 3 is 0.741 bits per heavy atom. The minimum absolute atomic E-state index is 0. The monoisotopic (exact) mass is 954 g/mol. The van der Waals surface area contributed by atoms with Crippen molar-refractivity contribution in [3.63, 3.8) is 0 Å². The first-order valence-corrected chi connectivity index (χ1v) is 33.0. The van der Waals surface area contributed by atoms with E-state index in [2.05, 4.69) is 130 Å². The third-order valence-electron chi connectivity index (χ3n) is 11.1. The predicted molar refractivity (Wildman–Crippen MR) is 227 cm³/mol. The summed E-state index contributed by atoms with van der Waals surface area (Å²) in [5.74, 6) is 3.25. The normalized spacial score (nSPS) is 20.0. The Morgan fingerprint density at radius 1 is 0.426 bits per heavy atom. The van der Waals surface area contributed by atoms with Crippen LogP contribution >= 0.6 is 0 Å². The van der Waals surface area contributed by atoms with Crippen LogP contribution in [0, 0.1) is 27.7 Å². The molecule has 0 radical (unpaired) electrons. The summed E-state index contributed by atoms with van der Waals surface area (Å²) in [5.41, 5.74) is 19.1. The van der Waals surface area contributed by atoms with Gasteiger partial charge in [-0.3, -0.25) is 0 Å². The first-order valence-electron chi connectivity index (χ1n) is 20.6. The van der Waals surface area contributed by atoms with E-state index in [1.54, 1.807) is 91.2 Å². The summed E-state index contributed by atoms with van der Waals surface area (Å²) in [7, 11) is 0. The van der Waals surface area contributed by atoms with Gasteiger partial charge in [0.2, 0.25) is 0 Å². The van der Waals surface area contributed by atoms with Crippen LogP contribution in [0.2, 0.25) is 26.2 Å². The summed E-state index contributed by atoms with van der Waals surface area (Å²) < 4.78 is 0. The molecule has 0 bridgehead atoms. The van der Waals surface area contributed by atoms with Gasteiger partial charge in [0.25, 0.3) is 0 Å². The molecule has 0 aromatic heterocycles. The Balaban J connectivity index is 0.000000334. The van der Waals surface area contributed by atoms with Gasteiger partial charge in [-0.25, -0.2) is 24.3 Å². The second-order valence-electron chi connectivity index (χ2n) is 17.2. The fraction of sp³-hybridized carbons (Fsp3) is 0.583. The van der Waals surface area contributed by atoms with E-state index in [0.717, 1.165) is 23.7 Å². The van der Waals surface area contributed by atoms with E-state index in [1.165, 1.54) is 99.3 Å². The van der Waals surface area contributed by atoms with Crippen molar-refractivity contribution in [2.24, 2.45) is 0 Å². The van der Waals surface area contributed by atoms with Crippen LogP contribution in [0.4, 0.5) is 0 Å². The van der Waals surface area contributed by atoms with Crippen LogP contribution < -0.4 is 24.8 Å². The Hall–Kier alpha value is 0.180. The van der Waals surface area contributed by atoms with E-state index in [-0.39, 0.29) is 35.7 Å².